The number of likely N-dealkylation sites (tertiary alicyclic amines) is 1. The summed E-state index contributed by atoms with van der Waals surface area (Å²) in [6.45, 7) is 1.39. The van der Waals surface area contributed by atoms with Crippen LogP contribution < -0.4 is 5.32 Å². The number of halogens is 1. The summed E-state index contributed by atoms with van der Waals surface area (Å²) in [5, 5.41) is 6.90. The molecule has 1 saturated heterocycles. The van der Waals surface area contributed by atoms with Crippen molar-refractivity contribution < 1.29 is 14.0 Å². The minimum absolute atomic E-state index is 0.0746. The molecule has 1 aliphatic heterocycles. The van der Waals surface area contributed by atoms with Crippen LogP contribution in [0.15, 0.2) is 55.0 Å². The highest BCUT2D eigenvalue weighted by molar-refractivity contribution is 5.99. The smallest absolute Gasteiger partial charge is 0.257 e. The third-order valence-electron chi connectivity index (χ3n) is 4.78. The average molecular weight is 381 g/mol. The maximum Gasteiger partial charge on any atom is 0.257 e. The van der Waals surface area contributed by atoms with Crippen LogP contribution in [-0.4, -0.2) is 50.7 Å². The van der Waals surface area contributed by atoms with Crippen LogP contribution >= 0.6 is 0 Å². The van der Waals surface area contributed by atoms with E-state index < -0.39 is 11.7 Å². The Morgan fingerprint density at radius 2 is 1.79 bits per heavy atom. The maximum atomic E-state index is 14.3. The van der Waals surface area contributed by atoms with Gasteiger partial charge in [-0.3, -0.25) is 9.59 Å². The van der Waals surface area contributed by atoms with Gasteiger partial charge in [0.15, 0.2) is 5.82 Å². The summed E-state index contributed by atoms with van der Waals surface area (Å²) < 4.78 is 17.4. The largest absolute Gasteiger partial charge is 0.343 e. The lowest BCUT2D eigenvalue weighted by Crippen LogP contribution is -2.38. The van der Waals surface area contributed by atoms with E-state index in [1.807, 2.05) is 0 Å². The lowest BCUT2D eigenvalue weighted by molar-refractivity contribution is -0.129. The summed E-state index contributed by atoms with van der Waals surface area (Å²) in [7, 11) is 0. The fraction of sp³-hybridized carbons (Fsp3) is 0.250. The van der Waals surface area contributed by atoms with E-state index in [1.165, 1.54) is 16.9 Å². The zero-order valence-electron chi connectivity index (χ0n) is 15.2. The molecule has 1 N–H and O–H groups in total. The van der Waals surface area contributed by atoms with E-state index in [0.717, 1.165) is 25.9 Å². The summed E-state index contributed by atoms with van der Waals surface area (Å²) in [5.41, 5.74) is 0.493. The van der Waals surface area contributed by atoms with Crippen LogP contribution in [0.1, 0.15) is 23.2 Å². The Kier molecular flexibility index (Phi) is 4.92. The van der Waals surface area contributed by atoms with E-state index in [-0.39, 0.29) is 23.7 Å². The SMILES string of the molecule is O=C(NCC(=O)N1CCCC1)c1cnn(-c2ccccc2F)c1-n1cccc1. The molecule has 0 unspecified atom stereocenters. The number of aromatic nitrogens is 3. The fourth-order valence-electron chi connectivity index (χ4n) is 3.36. The monoisotopic (exact) mass is 381 g/mol. The molecule has 3 aromatic rings. The second-order valence-electron chi connectivity index (χ2n) is 6.61. The fourth-order valence-corrected chi connectivity index (χ4v) is 3.36. The molecule has 0 bridgehead atoms. The molecular weight excluding hydrogens is 361 g/mol. The van der Waals surface area contributed by atoms with Gasteiger partial charge in [-0.1, -0.05) is 12.1 Å². The molecule has 1 fully saturated rings. The van der Waals surface area contributed by atoms with E-state index in [0.29, 0.717) is 5.82 Å². The third-order valence-corrected chi connectivity index (χ3v) is 4.78. The second kappa shape index (κ2) is 7.67. The predicted octanol–water partition coefficient (Wildman–Crippen LogP) is 2.15. The zero-order chi connectivity index (χ0) is 19.5. The number of carbonyl (C=O) groups excluding carboxylic acids is 2. The van der Waals surface area contributed by atoms with Crippen molar-refractivity contribution in [3.8, 4) is 11.5 Å². The molecule has 1 aromatic carbocycles. The van der Waals surface area contributed by atoms with Crippen LogP contribution in [0.5, 0.6) is 0 Å². The normalized spacial score (nSPS) is 13.7. The highest BCUT2D eigenvalue weighted by Crippen LogP contribution is 2.21. The number of amides is 2. The minimum atomic E-state index is -0.449. The summed E-state index contributed by atoms with van der Waals surface area (Å²) in [5.74, 6) is -0.579. The lowest BCUT2D eigenvalue weighted by Gasteiger charge is -2.15. The van der Waals surface area contributed by atoms with Gasteiger partial charge >= 0.3 is 0 Å². The zero-order valence-corrected chi connectivity index (χ0v) is 15.2. The van der Waals surface area contributed by atoms with Gasteiger partial charge in [-0.2, -0.15) is 5.10 Å². The highest BCUT2D eigenvalue weighted by atomic mass is 19.1. The summed E-state index contributed by atoms with van der Waals surface area (Å²) >= 11 is 0. The van der Waals surface area contributed by atoms with E-state index in [9.17, 15) is 14.0 Å². The molecule has 144 valence electrons. The summed E-state index contributed by atoms with van der Waals surface area (Å²) in [4.78, 5) is 26.7. The van der Waals surface area contributed by atoms with Crippen LogP contribution in [0.4, 0.5) is 4.39 Å². The molecule has 7 nitrogen and oxygen atoms in total. The highest BCUT2D eigenvalue weighted by Gasteiger charge is 2.23. The number of nitrogens with one attached hydrogen (secondary N) is 1. The molecule has 28 heavy (non-hydrogen) atoms. The number of hydrogen-bond donors (Lipinski definition) is 1. The number of benzene rings is 1. The Bertz CT molecular complexity index is 990. The Hall–Kier alpha value is -3.42. The number of hydrogen-bond acceptors (Lipinski definition) is 3. The lowest BCUT2D eigenvalue weighted by atomic mass is 10.2. The van der Waals surface area contributed by atoms with Crippen LogP contribution in [-0.2, 0) is 4.79 Å². The topological polar surface area (TPSA) is 72.2 Å². The second-order valence-corrected chi connectivity index (χ2v) is 6.61. The average Bonchev–Trinajstić information content (AvgIpc) is 3.47. The molecule has 4 rings (SSSR count). The molecule has 0 spiro atoms. The summed E-state index contributed by atoms with van der Waals surface area (Å²) in [6, 6.07) is 9.83. The molecular formula is C20H20FN5O2. The van der Waals surface area contributed by atoms with Crippen molar-refractivity contribution in [2.45, 2.75) is 12.8 Å². The van der Waals surface area contributed by atoms with E-state index >= 15 is 0 Å². The van der Waals surface area contributed by atoms with Crippen LogP contribution in [0.2, 0.25) is 0 Å². The van der Waals surface area contributed by atoms with Crippen molar-refractivity contribution in [2.75, 3.05) is 19.6 Å². The Morgan fingerprint density at radius 1 is 1.07 bits per heavy atom. The molecule has 0 aliphatic carbocycles. The van der Waals surface area contributed by atoms with Crippen molar-refractivity contribution in [1.82, 2.24) is 24.6 Å². The van der Waals surface area contributed by atoms with Gasteiger partial charge < -0.3 is 14.8 Å². The maximum absolute atomic E-state index is 14.3. The van der Waals surface area contributed by atoms with Crippen LogP contribution in [0, 0.1) is 5.82 Å². The molecule has 1 aliphatic rings. The van der Waals surface area contributed by atoms with Gasteiger partial charge in [0.2, 0.25) is 5.91 Å². The van der Waals surface area contributed by atoms with Crippen LogP contribution in [0.3, 0.4) is 0 Å². The Balaban J connectivity index is 1.63. The molecule has 0 radical (unpaired) electrons. The van der Waals surface area contributed by atoms with Crippen molar-refractivity contribution in [3.63, 3.8) is 0 Å². The van der Waals surface area contributed by atoms with Crippen molar-refractivity contribution in [3.05, 3.63) is 66.4 Å². The number of para-hydroxylation sites is 1. The molecule has 3 heterocycles. The predicted molar refractivity (Wildman–Crippen MR) is 101 cm³/mol. The van der Waals surface area contributed by atoms with Gasteiger partial charge in [-0.25, -0.2) is 9.07 Å². The first-order valence-electron chi connectivity index (χ1n) is 9.17. The van der Waals surface area contributed by atoms with Gasteiger partial charge in [-0.05, 0) is 37.1 Å². The molecule has 8 heteroatoms. The standard InChI is InChI=1S/C20H20FN5O2/c21-16-7-1-2-8-17(16)26-20(25-11-5-6-12-25)15(13-23-26)19(28)22-14-18(27)24-9-3-4-10-24/h1-2,5-8,11-13H,3-4,9-10,14H2,(H,22,28). The van der Waals surface area contributed by atoms with E-state index in [1.54, 1.807) is 52.2 Å². The first kappa shape index (κ1) is 18.0. The molecule has 2 amide bonds. The molecule has 0 atom stereocenters. The van der Waals surface area contributed by atoms with Crippen LogP contribution in [0.25, 0.3) is 11.5 Å². The third kappa shape index (κ3) is 3.40. The van der Waals surface area contributed by atoms with Gasteiger partial charge in [0.25, 0.3) is 5.91 Å². The number of rotatable bonds is 5. The van der Waals surface area contributed by atoms with Crippen molar-refractivity contribution in [2.24, 2.45) is 0 Å². The van der Waals surface area contributed by atoms with Gasteiger partial charge in [0.1, 0.15) is 17.1 Å². The molecule has 2 aromatic heterocycles. The summed E-state index contributed by atoms with van der Waals surface area (Å²) in [6.07, 6.45) is 6.87. The first-order valence-corrected chi connectivity index (χ1v) is 9.17. The van der Waals surface area contributed by atoms with Crippen molar-refractivity contribution >= 4 is 11.8 Å². The number of nitrogens with zero attached hydrogens (tertiary/aromatic N) is 4. The minimum Gasteiger partial charge on any atom is -0.343 e. The van der Waals surface area contributed by atoms with Gasteiger partial charge in [0, 0.05) is 25.5 Å². The number of carbonyl (C=O) groups is 2. The Labute approximate surface area is 161 Å². The van der Waals surface area contributed by atoms with E-state index in [4.69, 9.17) is 0 Å². The van der Waals surface area contributed by atoms with Gasteiger partial charge in [0.05, 0.1) is 12.7 Å². The van der Waals surface area contributed by atoms with Crippen molar-refractivity contribution in [1.29, 1.82) is 0 Å². The van der Waals surface area contributed by atoms with E-state index in [2.05, 4.69) is 10.4 Å². The molecule has 0 saturated carbocycles. The Morgan fingerprint density at radius 3 is 2.50 bits per heavy atom. The first-order chi connectivity index (χ1) is 13.6. The quantitative estimate of drug-likeness (QED) is 0.736. The van der Waals surface area contributed by atoms with Gasteiger partial charge in [-0.15, -0.1) is 0 Å².